The minimum Gasteiger partial charge on any atom is -0.350 e. The molecule has 0 aliphatic carbocycles. The third kappa shape index (κ3) is 3.43. The molecule has 0 spiro atoms. The fourth-order valence-corrected chi connectivity index (χ4v) is 4.73. The van der Waals surface area contributed by atoms with E-state index in [-0.39, 0.29) is 28.9 Å². The molecule has 2 aromatic heterocycles. The summed E-state index contributed by atoms with van der Waals surface area (Å²) in [6.07, 6.45) is 0. The number of aryl methyl sites for hydroxylation is 1. The predicted octanol–water partition coefficient (Wildman–Crippen LogP) is 0.626. The molecule has 1 aromatic carbocycles. The highest BCUT2D eigenvalue weighted by atomic mass is 32.2. The van der Waals surface area contributed by atoms with Crippen molar-refractivity contribution in [2.45, 2.75) is 17.3 Å². The largest absolute Gasteiger partial charge is 0.350 e. The number of sulfonamides is 1. The maximum Gasteiger partial charge on any atom is 0.329 e. The van der Waals surface area contributed by atoms with Gasteiger partial charge in [-0.25, -0.2) is 17.9 Å². The number of thiophene rings is 1. The Morgan fingerprint density at radius 2 is 1.85 bits per heavy atom. The van der Waals surface area contributed by atoms with Crippen LogP contribution in [0.2, 0.25) is 0 Å². The quantitative estimate of drug-likeness (QED) is 0.640. The van der Waals surface area contributed by atoms with Gasteiger partial charge in [-0.05, 0) is 31.3 Å². The Labute approximate surface area is 154 Å². The van der Waals surface area contributed by atoms with Crippen LogP contribution in [0.25, 0.3) is 11.0 Å². The Hall–Kier alpha value is -2.43. The van der Waals surface area contributed by atoms with Gasteiger partial charge in [-0.2, -0.15) is 0 Å². The Bertz CT molecular complexity index is 1120. The third-order valence-corrected chi connectivity index (χ3v) is 6.98. The topological polar surface area (TPSA) is 102 Å². The minimum atomic E-state index is -3.48. The summed E-state index contributed by atoms with van der Waals surface area (Å²) in [5, 5.41) is 2.72. The summed E-state index contributed by atoms with van der Waals surface area (Å²) in [6.45, 7) is 0.0927. The fraction of sp³-hybridized carbons (Fsp3) is 0.250. The van der Waals surface area contributed by atoms with Gasteiger partial charge in [0.15, 0.2) is 0 Å². The number of fused-ring (bicyclic) bond motifs is 1. The molecule has 1 amide bonds. The standard InChI is InChI=1S/C16H18N4O4S2/c1-17-26(23,24)15-8-7-11(25-15)9-18-14(21)10-20-13-6-4-3-5-12(13)19(2)16(20)22/h3-8,17H,9-10H2,1-2H3,(H,18,21). The Balaban J connectivity index is 1.71. The van der Waals surface area contributed by atoms with Crippen LogP contribution in [0.4, 0.5) is 0 Å². The number of nitrogens with zero attached hydrogens (tertiary/aromatic N) is 2. The monoisotopic (exact) mass is 394 g/mol. The number of benzene rings is 1. The van der Waals surface area contributed by atoms with Crippen LogP contribution in [0.5, 0.6) is 0 Å². The van der Waals surface area contributed by atoms with Crippen LogP contribution in [-0.2, 0) is 35.0 Å². The second-order valence-corrected chi connectivity index (χ2v) is 8.90. The van der Waals surface area contributed by atoms with E-state index in [1.807, 2.05) is 18.2 Å². The summed E-state index contributed by atoms with van der Waals surface area (Å²) < 4.78 is 28.8. The number of carbonyl (C=O) groups is 1. The van der Waals surface area contributed by atoms with Gasteiger partial charge < -0.3 is 5.32 Å². The van der Waals surface area contributed by atoms with Crippen LogP contribution in [0.3, 0.4) is 0 Å². The molecule has 8 nitrogen and oxygen atoms in total. The highest BCUT2D eigenvalue weighted by molar-refractivity contribution is 7.91. The average molecular weight is 394 g/mol. The molecule has 2 heterocycles. The molecule has 26 heavy (non-hydrogen) atoms. The number of rotatable bonds is 6. The summed E-state index contributed by atoms with van der Waals surface area (Å²) in [4.78, 5) is 25.3. The molecule has 3 rings (SSSR count). The van der Waals surface area contributed by atoms with Crippen molar-refractivity contribution in [2.24, 2.45) is 7.05 Å². The van der Waals surface area contributed by atoms with E-state index in [0.717, 1.165) is 16.9 Å². The third-order valence-electron chi connectivity index (χ3n) is 3.98. The van der Waals surface area contributed by atoms with Crippen molar-refractivity contribution < 1.29 is 13.2 Å². The molecule has 0 saturated heterocycles. The number of para-hydroxylation sites is 2. The van der Waals surface area contributed by atoms with E-state index >= 15 is 0 Å². The molecule has 0 unspecified atom stereocenters. The summed E-state index contributed by atoms with van der Waals surface area (Å²) >= 11 is 1.08. The number of aromatic nitrogens is 2. The number of amides is 1. The first kappa shape index (κ1) is 18.4. The molecule has 0 saturated carbocycles. The molecule has 2 N–H and O–H groups in total. The molecule has 0 aliphatic rings. The first-order chi connectivity index (χ1) is 12.3. The van der Waals surface area contributed by atoms with Crippen molar-refractivity contribution in [1.82, 2.24) is 19.2 Å². The zero-order valence-electron chi connectivity index (χ0n) is 14.2. The van der Waals surface area contributed by atoms with Crippen molar-refractivity contribution in [3.63, 3.8) is 0 Å². The van der Waals surface area contributed by atoms with Crippen molar-refractivity contribution in [1.29, 1.82) is 0 Å². The van der Waals surface area contributed by atoms with E-state index in [9.17, 15) is 18.0 Å². The lowest BCUT2D eigenvalue weighted by Gasteiger charge is -2.05. The summed E-state index contributed by atoms with van der Waals surface area (Å²) in [6, 6.07) is 10.4. The summed E-state index contributed by atoms with van der Waals surface area (Å²) in [5.74, 6) is -0.324. The Morgan fingerprint density at radius 3 is 2.54 bits per heavy atom. The van der Waals surface area contributed by atoms with Crippen LogP contribution in [0.1, 0.15) is 4.88 Å². The molecule has 10 heteroatoms. The van der Waals surface area contributed by atoms with E-state index in [0.29, 0.717) is 10.4 Å². The van der Waals surface area contributed by atoms with Crippen LogP contribution in [-0.4, -0.2) is 30.5 Å². The number of nitrogens with one attached hydrogen (secondary N) is 2. The number of hydrogen-bond donors (Lipinski definition) is 2. The zero-order chi connectivity index (χ0) is 18.9. The van der Waals surface area contributed by atoms with Crippen LogP contribution >= 0.6 is 11.3 Å². The molecule has 3 aromatic rings. The predicted molar refractivity (Wildman–Crippen MR) is 99.6 cm³/mol. The lowest BCUT2D eigenvalue weighted by Crippen LogP contribution is -2.32. The Morgan fingerprint density at radius 1 is 1.15 bits per heavy atom. The zero-order valence-corrected chi connectivity index (χ0v) is 15.9. The first-order valence-electron chi connectivity index (χ1n) is 7.76. The van der Waals surface area contributed by atoms with Gasteiger partial charge in [0.05, 0.1) is 17.6 Å². The normalized spacial score (nSPS) is 11.8. The second-order valence-electron chi connectivity index (χ2n) is 5.62. The maximum atomic E-state index is 12.3. The van der Waals surface area contributed by atoms with Gasteiger partial charge in [0, 0.05) is 11.9 Å². The summed E-state index contributed by atoms with van der Waals surface area (Å²) in [5.41, 5.74) is 1.18. The van der Waals surface area contributed by atoms with Gasteiger partial charge in [-0.15, -0.1) is 11.3 Å². The van der Waals surface area contributed by atoms with Gasteiger partial charge >= 0.3 is 5.69 Å². The highest BCUT2D eigenvalue weighted by Gasteiger charge is 2.16. The van der Waals surface area contributed by atoms with Crippen molar-refractivity contribution >= 4 is 38.3 Å². The number of imidazole rings is 1. The molecular formula is C16H18N4O4S2. The van der Waals surface area contributed by atoms with E-state index in [1.54, 1.807) is 19.2 Å². The van der Waals surface area contributed by atoms with Gasteiger partial charge in [0.2, 0.25) is 15.9 Å². The molecular weight excluding hydrogens is 376 g/mol. The smallest absolute Gasteiger partial charge is 0.329 e. The Kier molecular flexibility index (Phi) is 4.99. The van der Waals surface area contributed by atoms with Crippen molar-refractivity contribution in [3.05, 3.63) is 51.8 Å². The average Bonchev–Trinajstić information content (AvgIpc) is 3.21. The van der Waals surface area contributed by atoms with Gasteiger partial charge in [-0.3, -0.25) is 13.9 Å². The minimum absolute atomic E-state index is 0.104. The molecule has 138 valence electrons. The molecule has 0 aliphatic heterocycles. The van der Waals surface area contributed by atoms with Crippen molar-refractivity contribution in [2.75, 3.05) is 7.05 Å². The van der Waals surface area contributed by atoms with Gasteiger partial charge in [0.25, 0.3) is 0 Å². The highest BCUT2D eigenvalue weighted by Crippen LogP contribution is 2.21. The van der Waals surface area contributed by atoms with E-state index < -0.39 is 10.0 Å². The van der Waals surface area contributed by atoms with Crippen LogP contribution in [0.15, 0.2) is 45.4 Å². The fourth-order valence-electron chi connectivity index (χ4n) is 2.60. The van der Waals surface area contributed by atoms with Gasteiger partial charge in [-0.1, -0.05) is 12.1 Å². The van der Waals surface area contributed by atoms with Crippen LogP contribution < -0.4 is 15.7 Å². The van der Waals surface area contributed by atoms with E-state index in [2.05, 4.69) is 10.0 Å². The lowest BCUT2D eigenvalue weighted by atomic mass is 10.3. The SMILES string of the molecule is CNS(=O)(=O)c1ccc(CNC(=O)Cn2c(=O)n(C)c3ccccc32)s1. The molecule has 0 bridgehead atoms. The lowest BCUT2D eigenvalue weighted by molar-refractivity contribution is -0.121. The van der Waals surface area contributed by atoms with E-state index in [4.69, 9.17) is 0 Å². The van der Waals surface area contributed by atoms with Gasteiger partial charge in [0.1, 0.15) is 10.8 Å². The van der Waals surface area contributed by atoms with E-state index in [1.165, 1.54) is 22.2 Å². The number of hydrogen-bond acceptors (Lipinski definition) is 5. The summed E-state index contributed by atoms with van der Waals surface area (Å²) in [7, 11) is -0.477. The van der Waals surface area contributed by atoms with Crippen LogP contribution in [0, 0.1) is 0 Å². The van der Waals surface area contributed by atoms with Crippen molar-refractivity contribution in [3.8, 4) is 0 Å². The number of carbonyl (C=O) groups excluding carboxylic acids is 1. The molecule has 0 radical (unpaired) electrons. The maximum absolute atomic E-state index is 12.3. The second kappa shape index (κ2) is 7.06. The molecule has 0 atom stereocenters. The first-order valence-corrected chi connectivity index (χ1v) is 10.1. The molecule has 0 fully saturated rings.